The lowest BCUT2D eigenvalue weighted by Gasteiger charge is -2.12. The van der Waals surface area contributed by atoms with Gasteiger partial charge in [-0.15, -0.1) is 0 Å². The lowest BCUT2D eigenvalue weighted by Crippen LogP contribution is -1.94. The van der Waals surface area contributed by atoms with Crippen LogP contribution in [0.3, 0.4) is 0 Å². The van der Waals surface area contributed by atoms with E-state index in [0.29, 0.717) is 34.3 Å². The highest BCUT2D eigenvalue weighted by molar-refractivity contribution is 6.21. The molecule has 0 amide bonds. The first-order chi connectivity index (χ1) is 9.69. The molecule has 0 fully saturated rings. The summed E-state index contributed by atoms with van der Waals surface area (Å²) in [6.45, 7) is 0. The molecule has 0 bridgehead atoms. The number of hydrogen-bond acceptors (Lipinski definition) is 4. The number of carbonyl (C=O) groups excluding carboxylic acids is 2. The molecule has 0 radical (unpaired) electrons. The molecule has 4 nitrogen and oxygen atoms in total. The van der Waals surface area contributed by atoms with Gasteiger partial charge >= 0.3 is 0 Å². The average molecular weight is 266 g/mol. The number of fused-ring (bicyclic) bond motifs is 2. The zero-order valence-electron chi connectivity index (χ0n) is 10.3. The quantitative estimate of drug-likeness (QED) is 0.424. The fourth-order valence-corrected chi connectivity index (χ4v) is 2.56. The molecule has 0 unspecified atom stereocenters. The molecule has 2 N–H and O–H groups in total. The number of hydrogen-bond donors (Lipinski definition) is 2. The molecule has 0 heterocycles. The van der Waals surface area contributed by atoms with Crippen molar-refractivity contribution in [1.82, 2.24) is 0 Å². The van der Waals surface area contributed by atoms with Crippen molar-refractivity contribution < 1.29 is 19.8 Å². The minimum atomic E-state index is -0.390. The molecule has 0 aromatic heterocycles. The zero-order chi connectivity index (χ0) is 14.3. The summed E-state index contributed by atoms with van der Waals surface area (Å²) in [7, 11) is 0. The number of phenols is 2. The Morgan fingerprint density at radius 1 is 0.750 bits per heavy atom. The van der Waals surface area contributed by atoms with E-state index in [1.807, 2.05) is 0 Å². The van der Waals surface area contributed by atoms with E-state index in [4.69, 9.17) is 0 Å². The number of phenolic OH excluding ortho intramolecular Hbond substituents is 2. The van der Waals surface area contributed by atoms with Gasteiger partial charge in [-0.1, -0.05) is 24.3 Å². The van der Waals surface area contributed by atoms with Crippen LogP contribution in [-0.2, 0) is 0 Å². The SMILES string of the molecule is O=Cc1c2ccccc2c(C=O)c2c(O)c(O)ccc12. The van der Waals surface area contributed by atoms with Crippen molar-refractivity contribution >= 4 is 34.1 Å². The van der Waals surface area contributed by atoms with Crippen LogP contribution in [0.5, 0.6) is 11.5 Å². The molecule has 98 valence electrons. The maximum absolute atomic E-state index is 11.4. The van der Waals surface area contributed by atoms with Gasteiger partial charge in [0.1, 0.15) is 0 Å². The van der Waals surface area contributed by atoms with Crippen LogP contribution >= 0.6 is 0 Å². The van der Waals surface area contributed by atoms with Crippen LogP contribution in [-0.4, -0.2) is 22.8 Å². The molecule has 4 heteroatoms. The predicted molar refractivity (Wildman–Crippen MR) is 75.6 cm³/mol. The zero-order valence-corrected chi connectivity index (χ0v) is 10.3. The van der Waals surface area contributed by atoms with Crippen molar-refractivity contribution in [1.29, 1.82) is 0 Å². The Bertz CT molecular complexity index is 865. The lowest BCUT2D eigenvalue weighted by atomic mass is 9.92. The number of aldehydes is 2. The molecular formula is C16H10O4. The van der Waals surface area contributed by atoms with Crippen molar-refractivity contribution in [2.24, 2.45) is 0 Å². The van der Waals surface area contributed by atoms with Crippen molar-refractivity contribution in [2.75, 3.05) is 0 Å². The van der Waals surface area contributed by atoms with Gasteiger partial charge in [-0.2, -0.15) is 0 Å². The van der Waals surface area contributed by atoms with E-state index in [-0.39, 0.29) is 16.7 Å². The highest BCUT2D eigenvalue weighted by atomic mass is 16.3. The van der Waals surface area contributed by atoms with Crippen molar-refractivity contribution in [3.05, 3.63) is 47.5 Å². The van der Waals surface area contributed by atoms with Crippen molar-refractivity contribution in [3.8, 4) is 11.5 Å². The van der Waals surface area contributed by atoms with E-state index < -0.39 is 5.75 Å². The van der Waals surface area contributed by atoms with E-state index in [9.17, 15) is 19.8 Å². The molecular weight excluding hydrogens is 256 g/mol. The molecule has 3 aromatic carbocycles. The van der Waals surface area contributed by atoms with Crippen LogP contribution in [0.25, 0.3) is 21.5 Å². The summed E-state index contributed by atoms with van der Waals surface area (Å²) in [5, 5.41) is 21.5. The highest BCUT2D eigenvalue weighted by Gasteiger charge is 2.17. The molecule has 3 rings (SSSR count). The molecule has 0 aliphatic carbocycles. The smallest absolute Gasteiger partial charge is 0.166 e. The summed E-state index contributed by atoms with van der Waals surface area (Å²) in [5.74, 6) is -0.716. The number of carbonyl (C=O) groups is 2. The van der Waals surface area contributed by atoms with Gasteiger partial charge in [-0.3, -0.25) is 9.59 Å². The van der Waals surface area contributed by atoms with E-state index in [2.05, 4.69) is 0 Å². The Morgan fingerprint density at radius 2 is 1.35 bits per heavy atom. The van der Waals surface area contributed by atoms with Crippen LogP contribution in [0.2, 0.25) is 0 Å². The van der Waals surface area contributed by atoms with E-state index in [1.54, 1.807) is 24.3 Å². The van der Waals surface area contributed by atoms with Gasteiger partial charge < -0.3 is 10.2 Å². The summed E-state index contributed by atoms with van der Waals surface area (Å²) in [6.07, 6.45) is 1.31. The Kier molecular flexibility index (Phi) is 2.64. The van der Waals surface area contributed by atoms with E-state index in [0.717, 1.165) is 0 Å². The third kappa shape index (κ3) is 1.48. The normalized spacial score (nSPS) is 10.8. The monoisotopic (exact) mass is 266 g/mol. The third-order valence-electron chi connectivity index (χ3n) is 3.46. The van der Waals surface area contributed by atoms with Crippen molar-refractivity contribution in [2.45, 2.75) is 0 Å². The first-order valence-corrected chi connectivity index (χ1v) is 5.98. The second-order valence-corrected chi connectivity index (χ2v) is 4.46. The van der Waals surface area contributed by atoms with Gasteiger partial charge in [-0.05, 0) is 28.3 Å². The van der Waals surface area contributed by atoms with Gasteiger partial charge in [0.2, 0.25) is 0 Å². The molecule has 20 heavy (non-hydrogen) atoms. The Hall–Kier alpha value is -2.88. The summed E-state index contributed by atoms with van der Waals surface area (Å²) in [4.78, 5) is 22.8. The molecule has 0 atom stereocenters. The van der Waals surface area contributed by atoms with Gasteiger partial charge in [-0.25, -0.2) is 0 Å². The summed E-state index contributed by atoms with van der Waals surface area (Å²) < 4.78 is 0. The average Bonchev–Trinajstić information content (AvgIpc) is 2.48. The molecule has 0 aliphatic rings. The minimum Gasteiger partial charge on any atom is -0.504 e. The van der Waals surface area contributed by atoms with E-state index in [1.165, 1.54) is 12.1 Å². The maximum Gasteiger partial charge on any atom is 0.166 e. The number of rotatable bonds is 2. The van der Waals surface area contributed by atoms with Crippen LogP contribution in [0, 0.1) is 0 Å². The Balaban J connectivity index is 2.73. The number of aromatic hydroxyl groups is 2. The highest BCUT2D eigenvalue weighted by Crippen LogP contribution is 2.40. The summed E-state index contributed by atoms with van der Waals surface area (Å²) in [6, 6.07) is 9.79. The fourth-order valence-electron chi connectivity index (χ4n) is 2.56. The predicted octanol–water partition coefficient (Wildman–Crippen LogP) is 3.03. The Morgan fingerprint density at radius 3 is 1.95 bits per heavy atom. The van der Waals surface area contributed by atoms with Gasteiger partial charge in [0.05, 0.1) is 0 Å². The van der Waals surface area contributed by atoms with Gasteiger partial charge in [0, 0.05) is 16.5 Å². The number of benzene rings is 3. The first-order valence-electron chi connectivity index (χ1n) is 5.98. The topological polar surface area (TPSA) is 74.6 Å². The molecule has 0 aliphatic heterocycles. The van der Waals surface area contributed by atoms with Crippen LogP contribution < -0.4 is 0 Å². The minimum absolute atomic E-state index is 0.195. The lowest BCUT2D eigenvalue weighted by molar-refractivity contribution is 0.111. The van der Waals surface area contributed by atoms with Crippen LogP contribution in [0.1, 0.15) is 20.7 Å². The standard InChI is InChI=1S/C16H10O4/c17-7-12-9-3-1-2-4-10(9)13(8-18)15-11(12)5-6-14(19)16(15)20/h1-8,19-20H. The maximum atomic E-state index is 11.4. The summed E-state index contributed by atoms with van der Waals surface area (Å²) >= 11 is 0. The largest absolute Gasteiger partial charge is 0.504 e. The fraction of sp³-hybridized carbons (Fsp3) is 0. The molecule has 3 aromatic rings. The molecule has 0 saturated heterocycles. The van der Waals surface area contributed by atoms with Gasteiger partial charge in [0.15, 0.2) is 24.1 Å². The first kappa shape index (κ1) is 12.2. The van der Waals surface area contributed by atoms with Crippen molar-refractivity contribution in [3.63, 3.8) is 0 Å². The second-order valence-electron chi connectivity index (χ2n) is 4.46. The van der Waals surface area contributed by atoms with Gasteiger partial charge in [0.25, 0.3) is 0 Å². The van der Waals surface area contributed by atoms with Crippen LogP contribution in [0.15, 0.2) is 36.4 Å². The Labute approximate surface area is 113 Å². The molecule has 0 saturated carbocycles. The third-order valence-corrected chi connectivity index (χ3v) is 3.46. The van der Waals surface area contributed by atoms with Crippen LogP contribution in [0.4, 0.5) is 0 Å². The van der Waals surface area contributed by atoms with E-state index >= 15 is 0 Å². The summed E-state index contributed by atoms with van der Waals surface area (Å²) in [5.41, 5.74) is 0.645. The molecule has 0 spiro atoms. The second kappa shape index (κ2) is 4.35.